The third-order valence-corrected chi connectivity index (χ3v) is 7.41. The lowest BCUT2D eigenvalue weighted by molar-refractivity contribution is -0.137. The van der Waals surface area contributed by atoms with Crippen molar-refractivity contribution in [2.45, 2.75) is 32.1 Å². The Morgan fingerprint density at radius 1 is 0.923 bits per heavy atom. The molecule has 6 nitrogen and oxygen atoms in total. The van der Waals surface area contributed by atoms with E-state index in [9.17, 15) is 18.0 Å². The fraction of sp³-hybridized carbons (Fsp3) is 0.233. The van der Waals surface area contributed by atoms with E-state index in [2.05, 4.69) is 14.9 Å². The molecule has 1 fully saturated rings. The van der Waals surface area contributed by atoms with Crippen molar-refractivity contribution < 1.29 is 13.2 Å². The summed E-state index contributed by atoms with van der Waals surface area (Å²) in [7, 11) is 0. The van der Waals surface area contributed by atoms with E-state index in [0.29, 0.717) is 35.5 Å². The van der Waals surface area contributed by atoms with Crippen LogP contribution in [0.15, 0.2) is 90.0 Å². The first kappa shape index (κ1) is 25.1. The first-order chi connectivity index (χ1) is 18.8. The number of likely N-dealkylation sites (tertiary alicyclic amines) is 1. The summed E-state index contributed by atoms with van der Waals surface area (Å²) >= 11 is 0. The standard InChI is InChI=1S/C30H26F3N5O/c1-20-6-4-15-34-26(20)19-36-17-14-23(18-36)38-28-27(9-5-16-35-28)37(29(38)39)22-12-10-21(11-13-22)24-7-2-3-8-25(24)30(31,32)33/h2-13,15-16,23H,14,17-19H2,1H3/t23-/m0/s1. The lowest BCUT2D eigenvalue weighted by Crippen LogP contribution is -2.29. The maximum atomic E-state index is 13.8. The summed E-state index contributed by atoms with van der Waals surface area (Å²) < 4.78 is 44.0. The molecule has 0 radical (unpaired) electrons. The molecule has 0 amide bonds. The Kier molecular flexibility index (Phi) is 6.31. The highest BCUT2D eigenvalue weighted by molar-refractivity contribution is 5.75. The van der Waals surface area contributed by atoms with Gasteiger partial charge in [-0.15, -0.1) is 0 Å². The van der Waals surface area contributed by atoms with Gasteiger partial charge in [-0.05, 0) is 66.4 Å². The molecule has 0 aliphatic carbocycles. The third-order valence-electron chi connectivity index (χ3n) is 7.41. The molecule has 0 spiro atoms. The first-order valence-electron chi connectivity index (χ1n) is 12.8. The Balaban J connectivity index is 1.34. The van der Waals surface area contributed by atoms with Crippen LogP contribution in [0.5, 0.6) is 0 Å². The van der Waals surface area contributed by atoms with Gasteiger partial charge in [-0.2, -0.15) is 13.2 Å². The number of aryl methyl sites for hydroxylation is 1. The Morgan fingerprint density at radius 2 is 1.67 bits per heavy atom. The van der Waals surface area contributed by atoms with Crippen molar-refractivity contribution in [2.24, 2.45) is 0 Å². The second-order valence-electron chi connectivity index (χ2n) is 9.87. The fourth-order valence-electron chi connectivity index (χ4n) is 5.46. The zero-order chi connectivity index (χ0) is 27.1. The van der Waals surface area contributed by atoms with Crippen molar-refractivity contribution in [1.29, 1.82) is 0 Å². The molecule has 1 saturated heterocycles. The molecule has 198 valence electrons. The molecule has 1 aliphatic heterocycles. The molecule has 2 aromatic carbocycles. The van der Waals surface area contributed by atoms with Crippen LogP contribution in [-0.4, -0.2) is 37.1 Å². The van der Waals surface area contributed by atoms with Crippen LogP contribution >= 0.6 is 0 Å². The largest absolute Gasteiger partial charge is 0.417 e. The quantitative estimate of drug-likeness (QED) is 0.279. The van der Waals surface area contributed by atoms with Gasteiger partial charge in [-0.25, -0.2) is 9.78 Å². The third kappa shape index (κ3) is 4.63. The van der Waals surface area contributed by atoms with E-state index in [1.165, 1.54) is 12.1 Å². The maximum Gasteiger partial charge on any atom is 0.417 e. The number of benzene rings is 2. The predicted molar refractivity (Wildman–Crippen MR) is 144 cm³/mol. The maximum absolute atomic E-state index is 13.8. The summed E-state index contributed by atoms with van der Waals surface area (Å²) in [5, 5.41) is 0. The molecule has 3 aromatic heterocycles. The lowest BCUT2D eigenvalue weighted by Gasteiger charge is -2.17. The van der Waals surface area contributed by atoms with Gasteiger partial charge in [-0.3, -0.25) is 19.0 Å². The van der Waals surface area contributed by atoms with Crippen molar-refractivity contribution >= 4 is 11.2 Å². The molecule has 4 heterocycles. The number of pyridine rings is 2. The van der Waals surface area contributed by atoms with Gasteiger partial charge in [0.05, 0.1) is 28.5 Å². The Morgan fingerprint density at radius 3 is 2.44 bits per heavy atom. The molecule has 0 N–H and O–H groups in total. The van der Waals surface area contributed by atoms with Gasteiger partial charge in [0.15, 0.2) is 5.65 Å². The van der Waals surface area contributed by atoms with E-state index >= 15 is 0 Å². The van der Waals surface area contributed by atoms with E-state index in [1.807, 2.05) is 25.1 Å². The summed E-state index contributed by atoms with van der Waals surface area (Å²) in [6, 6.07) is 19.7. The summed E-state index contributed by atoms with van der Waals surface area (Å²) in [6.07, 6.45) is -0.195. The molecule has 5 aromatic rings. The van der Waals surface area contributed by atoms with E-state index in [0.717, 1.165) is 30.3 Å². The van der Waals surface area contributed by atoms with E-state index in [4.69, 9.17) is 0 Å². The van der Waals surface area contributed by atoms with Crippen LogP contribution in [0.25, 0.3) is 28.0 Å². The van der Waals surface area contributed by atoms with Crippen LogP contribution in [0.3, 0.4) is 0 Å². The number of fused-ring (bicyclic) bond motifs is 1. The Hall–Kier alpha value is -4.24. The first-order valence-corrected chi connectivity index (χ1v) is 12.8. The molecule has 1 aliphatic rings. The van der Waals surface area contributed by atoms with Crippen molar-refractivity contribution in [3.63, 3.8) is 0 Å². The Bertz CT molecular complexity index is 1700. The van der Waals surface area contributed by atoms with E-state index in [-0.39, 0.29) is 17.3 Å². The zero-order valence-corrected chi connectivity index (χ0v) is 21.3. The van der Waals surface area contributed by atoms with Crippen molar-refractivity contribution in [3.8, 4) is 16.8 Å². The van der Waals surface area contributed by atoms with E-state index < -0.39 is 11.7 Å². The second-order valence-corrected chi connectivity index (χ2v) is 9.87. The van der Waals surface area contributed by atoms with Gasteiger partial charge >= 0.3 is 11.9 Å². The number of imidazole rings is 1. The molecular weight excluding hydrogens is 503 g/mol. The summed E-state index contributed by atoms with van der Waals surface area (Å²) in [4.78, 5) is 25.2. The second kappa shape index (κ2) is 9.81. The topological polar surface area (TPSA) is 56.0 Å². The van der Waals surface area contributed by atoms with Crippen molar-refractivity contribution in [1.82, 2.24) is 24.0 Å². The SMILES string of the molecule is Cc1cccnc1CN1CC[C@H](n2c(=O)n(-c3ccc(-c4ccccc4C(F)(F)F)cc3)c3cccnc32)C1. The monoisotopic (exact) mass is 529 g/mol. The summed E-state index contributed by atoms with van der Waals surface area (Å²) in [5.74, 6) is 0. The Labute approximate surface area is 223 Å². The van der Waals surface area contributed by atoms with Gasteiger partial charge < -0.3 is 0 Å². The summed E-state index contributed by atoms with van der Waals surface area (Å²) in [6.45, 7) is 4.29. The molecule has 9 heteroatoms. The van der Waals surface area contributed by atoms with Crippen LogP contribution in [0.4, 0.5) is 13.2 Å². The van der Waals surface area contributed by atoms with Gasteiger partial charge in [0.25, 0.3) is 0 Å². The van der Waals surface area contributed by atoms with Crippen LogP contribution in [0.1, 0.15) is 29.3 Å². The molecular formula is C30H26F3N5O. The molecule has 6 rings (SSSR count). The lowest BCUT2D eigenvalue weighted by atomic mass is 9.99. The average molecular weight is 530 g/mol. The minimum Gasteiger partial charge on any atom is -0.295 e. The number of aromatic nitrogens is 4. The smallest absolute Gasteiger partial charge is 0.295 e. The normalized spacial score (nSPS) is 16.3. The van der Waals surface area contributed by atoms with Crippen LogP contribution in [0.2, 0.25) is 0 Å². The molecule has 0 unspecified atom stereocenters. The summed E-state index contributed by atoms with van der Waals surface area (Å²) in [5.41, 5.74) is 3.61. The molecule has 1 atom stereocenters. The number of alkyl halides is 3. The number of nitrogens with zero attached hydrogens (tertiary/aromatic N) is 5. The number of rotatable bonds is 5. The number of hydrogen-bond donors (Lipinski definition) is 0. The van der Waals surface area contributed by atoms with Gasteiger partial charge in [-0.1, -0.05) is 36.4 Å². The number of hydrogen-bond acceptors (Lipinski definition) is 4. The van der Waals surface area contributed by atoms with Gasteiger partial charge in [0.1, 0.15) is 0 Å². The minimum absolute atomic E-state index is 0.0573. The molecule has 0 saturated carbocycles. The highest BCUT2D eigenvalue weighted by atomic mass is 19.4. The predicted octanol–water partition coefficient (Wildman–Crippen LogP) is 6.02. The average Bonchev–Trinajstić information content (AvgIpc) is 3.50. The molecule has 39 heavy (non-hydrogen) atoms. The van der Waals surface area contributed by atoms with Gasteiger partial charge in [0.2, 0.25) is 0 Å². The van der Waals surface area contributed by atoms with Crippen LogP contribution < -0.4 is 5.69 Å². The highest BCUT2D eigenvalue weighted by Crippen LogP contribution is 2.37. The van der Waals surface area contributed by atoms with Crippen molar-refractivity contribution in [3.05, 3.63) is 112 Å². The van der Waals surface area contributed by atoms with E-state index in [1.54, 1.807) is 57.9 Å². The van der Waals surface area contributed by atoms with Crippen molar-refractivity contribution in [2.75, 3.05) is 13.1 Å². The fourth-order valence-corrected chi connectivity index (χ4v) is 5.46. The zero-order valence-electron chi connectivity index (χ0n) is 21.3. The molecule has 0 bridgehead atoms. The van der Waals surface area contributed by atoms with Gasteiger partial charge in [0, 0.05) is 32.0 Å². The highest BCUT2D eigenvalue weighted by Gasteiger charge is 2.33. The van der Waals surface area contributed by atoms with Crippen LogP contribution in [0, 0.1) is 6.92 Å². The van der Waals surface area contributed by atoms with Crippen LogP contribution in [-0.2, 0) is 12.7 Å². The minimum atomic E-state index is -4.46. The number of halogens is 3.